The van der Waals surface area contributed by atoms with Gasteiger partial charge in [-0.15, -0.1) is 11.8 Å². The van der Waals surface area contributed by atoms with Crippen LogP contribution in [0.1, 0.15) is 17.7 Å². The molecule has 0 bridgehead atoms. The Morgan fingerprint density at radius 2 is 2.17 bits per heavy atom. The number of ether oxygens (including phenoxy) is 2. The minimum atomic E-state index is -0.498. The number of rotatable bonds is 5. The van der Waals surface area contributed by atoms with Crippen molar-refractivity contribution in [2.75, 3.05) is 12.9 Å². The number of imidazole rings is 1. The van der Waals surface area contributed by atoms with E-state index in [-0.39, 0.29) is 17.9 Å². The van der Waals surface area contributed by atoms with Gasteiger partial charge in [-0.3, -0.25) is 9.69 Å². The molecule has 1 saturated heterocycles. The highest BCUT2D eigenvalue weighted by Gasteiger charge is 2.50. The van der Waals surface area contributed by atoms with Gasteiger partial charge in [-0.2, -0.15) is 0 Å². The summed E-state index contributed by atoms with van der Waals surface area (Å²) >= 11 is 3.17. The van der Waals surface area contributed by atoms with Crippen LogP contribution in [0.4, 0.5) is 0 Å². The molecule has 1 fully saturated rings. The second-order valence-electron chi connectivity index (χ2n) is 7.03. The van der Waals surface area contributed by atoms with Crippen LogP contribution in [0.2, 0.25) is 0 Å². The van der Waals surface area contributed by atoms with Crippen molar-refractivity contribution in [2.45, 2.75) is 30.1 Å². The van der Waals surface area contributed by atoms with E-state index in [1.165, 1.54) is 16.7 Å². The Morgan fingerprint density at radius 3 is 2.93 bits per heavy atom. The van der Waals surface area contributed by atoms with Crippen molar-refractivity contribution in [1.82, 2.24) is 14.5 Å². The third kappa shape index (κ3) is 3.41. The van der Waals surface area contributed by atoms with Gasteiger partial charge in [0.15, 0.2) is 5.16 Å². The smallest absolute Gasteiger partial charge is 0.355 e. The van der Waals surface area contributed by atoms with Crippen LogP contribution in [-0.2, 0) is 27.5 Å². The van der Waals surface area contributed by atoms with Crippen LogP contribution in [0, 0.1) is 0 Å². The zero-order valence-corrected chi connectivity index (χ0v) is 17.9. The fourth-order valence-electron chi connectivity index (χ4n) is 3.52. The molecule has 30 heavy (non-hydrogen) atoms. The third-order valence-corrected chi connectivity index (χ3v) is 7.27. The second kappa shape index (κ2) is 7.88. The lowest BCUT2D eigenvalue weighted by atomic mass is 10.0. The number of fused-ring (bicyclic) bond motifs is 2. The first-order valence-electron chi connectivity index (χ1n) is 9.55. The Bertz CT molecular complexity index is 1050. The Balaban J connectivity index is 1.23. The van der Waals surface area contributed by atoms with Gasteiger partial charge in [0.05, 0.1) is 18.4 Å². The van der Waals surface area contributed by atoms with Crippen molar-refractivity contribution >= 4 is 41.5 Å². The monoisotopic (exact) mass is 441 g/mol. The molecule has 0 saturated carbocycles. The topological polar surface area (TPSA) is 73.7 Å². The molecule has 0 N–H and O–H groups in total. The van der Waals surface area contributed by atoms with Crippen LogP contribution < -0.4 is 4.74 Å². The van der Waals surface area contributed by atoms with Crippen LogP contribution >= 0.6 is 23.5 Å². The molecular weight excluding hydrogens is 422 g/mol. The van der Waals surface area contributed by atoms with E-state index >= 15 is 0 Å². The lowest BCUT2D eigenvalue weighted by Crippen LogP contribution is -2.51. The predicted octanol–water partition coefficient (Wildman–Crippen LogP) is 3.27. The van der Waals surface area contributed by atoms with Gasteiger partial charge in [-0.1, -0.05) is 23.9 Å². The van der Waals surface area contributed by atoms with Gasteiger partial charge >= 0.3 is 5.97 Å². The Labute approximate surface area is 182 Å². The molecule has 0 unspecified atom stereocenters. The maximum absolute atomic E-state index is 12.7. The van der Waals surface area contributed by atoms with E-state index in [0.717, 1.165) is 40.9 Å². The first-order chi connectivity index (χ1) is 14.6. The molecule has 5 rings (SSSR count). The number of carbonyl (C=O) groups is 2. The summed E-state index contributed by atoms with van der Waals surface area (Å²) in [4.78, 5) is 31.3. The summed E-state index contributed by atoms with van der Waals surface area (Å²) in [7, 11) is 1.60. The van der Waals surface area contributed by atoms with Crippen molar-refractivity contribution in [3.05, 3.63) is 58.4 Å². The Kier molecular flexibility index (Phi) is 5.08. The number of esters is 1. The summed E-state index contributed by atoms with van der Waals surface area (Å²) in [5, 5.41) is 2.51. The van der Waals surface area contributed by atoms with Crippen molar-refractivity contribution in [3.8, 4) is 5.75 Å². The number of thioether (sulfide) groups is 2. The van der Waals surface area contributed by atoms with Crippen LogP contribution in [0.25, 0.3) is 6.08 Å². The van der Waals surface area contributed by atoms with E-state index in [0.29, 0.717) is 11.3 Å². The zero-order chi connectivity index (χ0) is 20.7. The third-order valence-electron chi connectivity index (χ3n) is 5.11. The number of methoxy groups -OCH3 is 1. The molecule has 0 radical (unpaired) electrons. The maximum Gasteiger partial charge on any atom is 0.355 e. The minimum Gasteiger partial charge on any atom is -0.497 e. The lowest BCUT2D eigenvalue weighted by Gasteiger charge is -2.37. The van der Waals surface area contributed by atoms with Crippen molar-refractivity contribution in [1.29, 1.82) is 0 Å². The van der Waals surface area contributed by atoms with Crippen molar-refractivity contribution in [3.63, 3.8) is 0 Å². The molecule has 154 valence electrons. The summed E-state index contributed by atoms with van der Waals surface area (Å²) in [5.74, 6) is 1.15. The summed E-state index contributed by atoms with van der Waals surface area (Å²) in [6, 6.07) is 7.30. The van der Waals surface area contributed by atoms with Gasteiger partial charge in [0.2, 0.25) is 0 Å². The average Bonchev–Trinajstić information content (AvgIpc) is 3.37. The van der Waals surface area contributed by atoms with E-state index in [1.54, 1.807) is 24.3 Å². The van der Waals surface area contributed by atoms with Crippen LogP contribution in [0.3, 0.4) is 0 Å². The fourth-order valence-corrected chi connectivity index (χ4v) is 5.57. The molecule has 0 spiro atoms. The molecule has 1 atom stereocenters. The van der Waals surface area contributed by atoms with Gasteiger partial charge in [-0.25, -0.2) is 9.78 Å². The number of β-lactam (4-membered cyclic amide) rings is 1. The molecule has 1 amide bonds. The minimum absolute atomic E-state index is 0.137. The van der Waals surface area contributed by atoms with Crippen LogP contribution in [-0.4, -0.2) is 44.6 Å². The zero-order valence-electron chi connectivity index (χ0n) is 16.2. The van der Waals surface area contributed by atoms with Gasteiger partial charge in [0, 0.05) is 23.9 Å². The van der Waals surface area contributed by atoms with Gasteiger partial charge < -0.3 is 14.0 Å². The van der Waals surface area contributed by atoms with E-state index in [9.17, 15) is 9.59 Å². The number of hydrogen-bond donors (Lipinski definition) is 0. The average molecular weight is 442 g/mol. The number of amides is 1. The van der Waals surface area contributed by atoms with Gasteiger partial charge in [-0.05, 0) is 30.2 Å². The number of nitrogens with zero attached hydrogens (tertiary/aromatic N) is 3. The van der Waals surface area contributed by atoms with Gasteiger partial charge in [0.1, 0.15) is 23.4 Å². The second-order valence-corrected chi connectivity index (χ2v) is 9.05. The Morgan fingerprint density at radius 1 is 1.33 bits per heavy atom. The number of hydrogen-bond acceptors (Lipinski definition) is 7. The molecule has 4 heterocycles. The van der Waals surface area contributed by atoms with Crippen molar-refractivity contribution < 1.29 is 19.1 Å². The van der Waals surface area contributed by atoms with E-state index in [4.69, 9.17) is 9.47 Å². The van der Waals surface area contributed by atoms with Crippen LogP contribution in [0.5, 0.6) is 5.75 Å². The van der Waals surface area contributed by atoms with E-state index in [2.05, 4.69) is 9.55 Å². The first kappa shape index (κ1) is 19.3. The molecule has 1 aromatic carbocycles. The maximum atomic E-state index is 12.7. The highest BCUT2D eigenvalue weighted by molar-refractivity contribution is 8.03. The summed E-state index contributed by atoms with van der Waals surface area (Å²) in [6.07, 6.45) is 4.95. The van der Waals surface area contributed by atoms with E-state index in [1.807, 2.05) is 36.5 Å². The largest absolute Gasteiger partial charge is 0.497 e. The molecular formula is C21H19N3O4S2. The van der Waals surface area contributed by atoms with Crippen LogP contribution in [0.15, 0.2) is 52.3 Å². The summed E-state index contributed by atoms with van der Waals surface area (Å²) in [6.45, 7) is 1.10. The number of aryl methyl sites for hydroxylation is 1. The number of aromatic nitrogens is 2. The van der Waals surface area contributed by atoms with Crippen molar-refractivity contribution in [2.24, 2.45) is 0 Å². The standard InChI is InChI=1S/C21H19N3O4S2/c1-27-15-5-3-13(4-6-15)11-28-20(26)17-12-30-19-16(18(25)24(17)19)9-14-10-23-7-2-8-29-21(23)22-14/h3-6,9-10,12,19H,2,7-8,11H2,1H3/b16-9-/t19-/m1/s1. The number of benzene rings is 1. The highest BCUT2D eigenvalue weighted by Crippen LogP contribution is 2.45. The fraction of sp³-hybridized carbons (Fsp3) is 0.286. The van der Waals surface area contributed by atoms with Gasteiger partial charge in [0.25, 0.3) is 5.91 Å². The SMILES string of the molecule is COc1ccc(COC(=O)C2=CS[C@@H]3/C(=C\c4cn5c(n4)SCCC5)C(=O)N23)cc1. The normalized spacial score (nSPS) is 21.0. The quantitative estimate of drug-likeness (QED) is 0.401. The molecule has 2 aromatic rings. The first-order valence-corrected chi connectivity index (χ1v) is 11.5. The molecule has 9 heteroatoms. The summed E-state index contributed by atoms with van der Waals surface area (Å²) < 4.78 is 12.7. The molecule has 0 aliphatic carbocycles. The number of carbonyl (C=O) groups excluding carboxylic acids is 2. The predicted molar refractivity (Wildman–Crippen MR) is 115 cm³/mol. The molecule has 1 aromatic heterocycles. The molecule has 3 aliphatic heterocycles. The molecule has 7 nitrogen and oxygen atoms in total. The highest BCUT2D eigenvalue weighted by atomic mass is 32.2. The summed E-state index contributed by atoms with van der Waals surface area (Å²) in [5.41, 5.74) is 2.60. The Hall–Kier alpha value is -2.65. The lowest BCUT2D eigenvalue weighted by molar-refractivity contribution is -0.146. The van der Waals surface area contributed by atoms with E-state index < -0.39 is 5.97 Å². The molecule has 3 aliphatic rings.